The number of rotatable bonds is 4. The van der Waals surface area contributed by atoms with Gasteiger partial charge in [-0.3, -0.25) is 4.79 Å². The minimum atomic E-state index is -2.18. The zero-order valence-electron chi connectivity index (χ0n) is 15.9. The first-order valence-corrected chi connectivity index (χ1v) is 11.7. The Balaban J connectivity index is 2.05. The van der Waals surface area contributed by atoms with Crippen LogP contribution in [0.1, 0.15) is 37.2 Å². The zero-order chi connectivity index (χ0) is 18.9. The number of hydrogen-bond donors (Lipinski definition) is 0. The van der Waals surface area contributed by atoms with E-state index in [9.17, 15) is 4.79 Å². The van der Waals surface area contributed by atoms with E-state index in [0.29, 0.717) is 11.0 Å². The van der Waals surface area contributed by atoms with Gasteiger partial charge >= 0.3 is 0 Å². The third kappa shape index (κ3) is 3.47. The Bertz CT molecular complexity index is 913. The molecule has 2 aromatic carbocycles. The molecular weight excluding hydrogens is 342 g/mol. The van der Waals surface area contributed by atoms with Gasteiger partial charge in [-0.05, 0) is 35.8 Å². The normalized spacial score (nSPS) is 13.7. The number of carbonyl (C=O) groups is 1. The molecule has 0 N–H and O–H groups in total. The van der Waals surface area contributed by atoms with Crippen LogP contribution in [0.2, 0.25) is 18.1 Å². The van der Waals surface area contributed by atoms with Crippen LogP contribution >= 0.6 is 0 Å². The number of hydrogen-bond acceptors (Lipinski definition) is 4. The van der Waals surface area contributed by atoms with Crippen LogP contribution in [0.25, 0.3) is 11.0 Å². The minimum absolute atomic E-state index is 0.00918. The lowest BCUT2D eigenvalue weighted by Crippen LogP contribution is -2.44. The molecule has 1 aromatic heterocycles. The van der Waals surface area contributed by atoms with Crippen LogP contribution in [0.3, 0.4) is 0 Å². The maximum Gasteiger partial charge on any atom is 0.281 e. The second-order valence-electron chi connectivity index (χ2n) is 8.00. The van der Waals surface area contributed by atoms with E-state index in [1.165, 1.54) is 4.68 Å². The Morgan fingerprint density at radius 3 is 2.31 bits per heavy atom. The maximum atomic E-state index is 13.4. The van der Waals surface area contributed by atoms with Gasteiger partial charge in [0.05, 0.1) is 5.52 Å². The third-order valence-corrected chi connectivity index (χ3v) is 9.54. The number of fused-ring (bicyclic) bond motifs is 1. The molecule has 0 spiro atoms. The average Bonchev–Trinajstić information content (AvgIpc) is 3.03. The fourth-order valence-corrected chi connectivity index (χ4v) is 3.68. The number of carbonyl (C=O) groups excluding carboxylic acids is 1. The van der Waals surface area contributed by atoms with Gasteiger partial charge in [0, 0.05) is 0 Å². The summed E-state index contributed by atoms with van der Waals surface area (Å²) >= 11 is 0. The first-order chi connectivity index (χ1) is 12.2. The van der Waals surface area contributed by atoms with E-state index in [1.807, 2.05) is 54.6 Å². The van der Waals surface area contributed by atoms with E-state index in [-0.39, 0.29) is 10.9 Å². The number of benzene rings is 2. The van der Waals surface area contributed by atoms with Crippen LogP contribution in [-0.2, 0) is 4.43 Å². The molecule has 0 saturated heterocycles. The van der Waals surface area contributed by atoms with Crippen LogP contribution in [0.15, 0.2) is 54.6 Å². The topological polar surface area (TPSA) is 57.0 Å². The van der Waals surface area contributed by atoms with Gasteiger partial charge in [0.2, 0.25) is 0 Å². The predicted molar refractivity (Wildman–Crippen MR) is 106 cm³/mol. The molecule has 0 amide bonds. The molecule has 1 heterocycles. The molecular formula is C20H25N3O2Si. The summed E-state index contributed by atoms with van der Waals surface area (Å²) in [6.45, 7) is 10.8. The Labute approximate surface area is 155 Å². The van der Waals surface area contributed by atoms with Crippen molar-refractivity contribution >= 4 is 25.3 Å². The van der Waals surface area contributed by atoms with Crippen molar-refractivity contribution < 1.29 is 9.22 Å². The molecule has 0 aliphatic rings. The van der Waals surface area contributed by atoms with Crippen molar-refractivity contribution in [1.29, 1.82) is 0 Å². The van der Waals surface area contributed by atoms with Crippen molar-refractivity contribution in [2.75, 3.05) is 0 Å². The maximum absolute atomic E-state index is 13.4. The van der Waals surface area contributed by atoms with E-state index in [0.717, 1.165) is 5.56 Å². The molecule has 26 heavy (non-hydrogen) atoms. The summed E-state index contributed by atoms with van der Waals surface area (Å²) in [6.07, 6.45) is -0.706. The van der Waals surface area contributed by atoms with Gasteiger partial charge < -0.3 is 4.43 Å². The van der Waals surface area contributed by atoms with E-state index in [1.54, 1.807) is 0 Å². The van der Waals surface area contributed by atoms with Gasteiger partial charge in [-0.1, -0.05) is 68.4 Å². The van der Waals surface area contributed by atoms with Crippen LogP contribution in [-0.4, -0.2) is 29.2 Å². The summed E-state index contributed by atoms with van der Waals surface area (Å²) < 4.78 is 7.88. The average molecular weight is 368 g/mol. The largest absolute Gasteiger partial charge is 0.401 e. The van der Waals surface area contributed by atoms with E-state index < -0.39 is 14.4 Å². The molecule has 0 aliphatic heterocycles. The lowest BCUT2D eigenvalue weighted by Gasteiger charge is -2.38. The molecule has 6 heteroatoms. The third-order valence-electron chi connectivity index (χ3n) is 5.11. The fourth-order valence-electron chi connectivity index (χ4n) is 2.50. The molecule has 0 bridgehead atoms. The van der Waals surface area contributed by atoms with E-state index >= 15 is 0 Å². The van der Waals surface area contributed by atoms with Crippen molar-refractivity contribution in [3.05, 3.63) is 60.2 Å². The lowest BCUT2D eigenvalue weighted by molar-refractivity contribution is 0.0661. The van der Waals surface area contributed by atoms with Crippen LogP contribution in [0.4, 0.5) is 0 Å². The van der Waals surface area contributed by atoms with Crippen molar-refractivity contribution in [3.8, 4) is 0 Å². The number of para-hydroxylation sites is 1. The highest BCUT2D eigenvalue weighted by Gasteiger charge is 2.41. The van der Waals surface area contributed by atoms with E-state index in [2.05, 4.69) is 44.2 Å². The molecule has 136 valence electrons. The summed E-state index contributed by atoms with van der Waals surface area (Å²) in [7, 11) is -2.18. The summed E-state index contributed by atoms with van der Waals surface area (Å²) in [5.74, 6) is -0.213. The standard InChI is InChI=1S/C20H25N3O2Si/c1-20(2,3)26(4,5)25-18(15-11-7-6-8-12-15)19(24)23-17-14-10-9-13-16(17)21-22-23/h6-14,18H,1-5H3/t18-/m1/s1. The van der Waals surface area contributed by atoms with Gasteiger partial charge in [0.1, 0.15) is 5.52 Å². The first kappa shape index (κ1) is 18.5. The molecule has 3 aromatic rings. The van der Waals surface area contributed by atoms with Crippen LogP contribution < -0.4 is 0 Å². The zero-order valence-corrected chi connectivity index (χ0v) is 16.9. The number of nitrogens with zero attached hydrogens (tertiary/aromatic N) is 3. The predicted octanol–water partition coefficient (Wildman–Crippen LogP) is 4.83. The monoisotopic (exact) mass is 367 g/mol. The molecule has 1 atom stereocenters. The highest BCUT2D eigenvalue weighted by molar-refractivity contribution is 6.74. The van der Waals surface area contributed by atoms with E-state index in [4.69, 9.17) is 4.43 Å². The first-order valence-electron chi connectivity index (χ1n) is 8.78. The Kier molecular flexibility index (Phi) is 4.81. The van der Waals surface area contributed by atoms with Gasteiger partial charge in [0.25, 0.3) is 5.91 Å². The molecule has 0 fully saturated rings. The lowest BCUT2D eigenvalue weighted by atomic mass is 10.1. The molecule has 0 radical (unpaired) electrons. The van der Waals surface area contributed by atoms with Crippen LogP contribution in [0, 0.1) is 0 Å². The second kappa shape index (κ2) is 6.77. The summed E-state index contributed by atoms with van der Waals surface area (Å²) in [5, 5.41) is 8.19. The Morgan fingerprint density at radius 2 is 1.65 bits per heavy atom. The SMILES string of the molecule is CC(C)(C)[Si](C)(C)O[C@@H](C(=O)n1nnc2ccccc21)c1ccccc1. The van der Waals surface area contributed by atoms with Crippen molar-refractivity contribution in [1.82, 2.24) is 15.0 Å². The summed E-state index contributed by atoms with van der Waals surface area (Å²) in [6, 6.07) is 17.1. The smallest absolute Gasteiger partial charge is 0.281 e. The van der Waals surface area contributed by atoms with Gasteiger partial charge in [-0.15, -0.1) is 5.10 Å². The molecule has 5 nitrogen and oxygen atoms in total. The summed E-state index contributed by atoms with van der Waals surface area (Å²) in [5.41, 5.74) is 2.22. The van der Waals surface area contributed by atoms with Gasteiger partial charge in [-0.2, -0.15) is 4.68 Å². The van der Waals surface area contributed by atoms with Gasteiger partial charge in [0.15, 0.2) is 14.4 Å². The highest BCUT2D eigenvalue weighted by atomic mass is 28.4. The fraction of sp³-hybridized carbons (Fsp3) is 0.350. The second-order valence-corrected chi connectivity index (χ2v) is 12.8. The highest BCUT2D eigenvalue weighted by Crippen LogP contribution is 2.40. The molecule has 0 unspecified atom stereocenters. The van der Waals surface area contributed by atoms with Crippen molar-refractivity contribution in [2.45, 2.75) is 45.0 Å². The summed E-state index contributed by atoms with van der Waals surface area (Å²) in [4.78, 5) is 13.4. The van der Waals surface area contributed by atoms with Crippen LogP contribution in [0.5, 0.6) is 0 Å². The Hall–Kier alpha value is -2.31. The van der Waals surface area contributed by atoms with Crippen molar-refractivity contribution in [3.63, 3.8) is 0 Å². The number of aromatic nitrogens is 3. The van der Waals surface area contributed by atoms with Crippen molar-refractivity contribution in [2.24, 2.45) is 0 Å². The molecule has 3 rings (SSSR count). The quantitative estimate of drug-likeness (QED) is 0.620. The molecule has 0 saturated carbocycles. The Morgan fingerprint density at radius 1 is 1.04 bits per heavy atom. The minimum Gasteiger partial charge on any atom is -0.401 e. The van der Waals surface area contributed by atoms with Gasteiger partial charge in [-0.25, -0.2) is 0 Å². The molecule has 0 aliphatic carbocycles.